The topological polar surface area (TPSA) is 3.24 Å². The standard InChI is InChI=1S/C10H19N/c1-11-7-10(8-11)9-5-3-2-4-6-9/h9-10H,2-8H2,1H3. The van der Waals surface area contributed by atoms with E-state index in [1.165, 1.54) is 45.2 Å². The number of hydrogen-bond donors (Lipinski definition) is 0. The third-order valence-electron chi connectivity index (χ3n) is 3.41. The Morgan fingerprint density at radius 1 is 0.909 bits per heavy atom. The maximum atomic E-state index is 2.44. The molecule has 0 unspecified atom stereocenters. The van der Waals surface area contributed by atoms with Crippen LogP contribution in [0.4, 0.5) is 0 Å². The minimum absolute atomic E-state index is 1.07. The van der Waals surface area contributed by atoms with Crippen molar-refractivity contribution < 1.29 is 0 Å². The van der Waals surface area contributed by atoms with Crippen LogP contribution in [0.3, 0.4) is 0 Å². The summed E-state index contributed by atoms with van der Waals surface area (Å²) < 4.78 is 0. The van der Waals surface area contributed by atoms with Gasteiger partial charge < -0.3 is 4.90 Å². The molecule has 0 aromatic carbocycles. The first-order valence-electron chi connectivity index (χ1n) is 5.05. The Kier molecular flexibility index (Phi) is 2.17. The van der Waals surface area contributed by atoms with Crippen LogP contribution in [0.1, 0.15) is 32.1 Å². The Morgan fingerprint density at radius 2 is 1.55 bits per heavy atom. The van der Waals surface area contributed by atoms with Crippen molar-refractivity contribution in [2.45, 2.75) is 32.1 Å². The first-order valence-corrected chi connectivity index (χ1v) is 5.05. The van der Waals surface area contributed by atoms with Crippen molar-refractivity contribution in [3.63, 3.8) is 0 Å². The fourth-order valence-corrected chi connectivity index (χ4v) is 2.65. The maximum Gasteiger partial charge on any atom is 0.00216 e. The molecule has 0 bridgehead atoms. The predicted molar refractivity (Wildman–Crippen MR) is 47.6 cm³/mol. The van der Waals surface area contributed by atoms with Crippen LogP contribution in [0, 0.1) is 11.8 Å². The van der Waals surface area contributed by atoms with Crippen LogP contribution < -0.4 is 0 Å². The van der Waals surface area contributed by atoms with Crippen LogP contribution in [-0.4, -0.2) is 25.0 Å². The third-order valence-corrected chi connectivity index (χ3v) is 3.41. The summed E-state index contributed by atoms with van der Waals surface area (Å²) >= 11 is 0. The summed E-state index contributed by atoms with van der Waals surface area (Å²) in [7, 11) is 2.24. The Balaban J connectivity index is 1.76. The number of nitrogens with zero attached hydrogens (tertiary/aromatic N) is 1. The number of likely N-dealkylation sites (tertiary alicyclic amines) is 1. The molecule has 0 spiro atoms. The van der Waals surface area contributed by atoms with Gasteiger partial charge in [-0.05, 0) is 18.9 Å². The molecule has 0 aromatic heterocycles. The van der Waals surface area contributed by atoms with Crippen molar-refractivity contribution >= 4 is 0 Å². The van der Waals surface area contributed by atoms with Crippen molar-refractivity contribution in [2.75, 3.05) is 20.1 Å². The molecule has 1 heteroatoms. The van der Waals surface area contributed by atoms with Crippen LogP contribution >= 0.6 is 0 Å². The summed E-state index contributed by atoms with van der Waals surface area (Å²) in [5.41, 5.74) is 0. The minimum atomic E-state index is 1.07. The molecule has 0 aromatic rings. The Morgan fingerprint density at radius 3 is 2.09 bits per heavy atom. The smallest absolute Gasteiger partial charge is 0.00216 e. The van der Waals surface area contributed by atoms with Gasteiger partial charge in [-0.2, -0.15) is 0 Å². The van der Waals surface area contributed by atoms with Gasteiger partial charge in [0.25, 0.3) is 0 Å². The summed E-state index contributed by atoms with van der Waals surface area (Å²) in [5, 5.41) is 0. The summed E-state index contributed by atoms with van der Waals surface area (Å²) in [6.07, 6.45) is 7.56. The van der Waals surface area contributed by atoms with Crippen molar-refractivity contribution in [1.29, 1.82) is 0 Å². The van der Waals surface area contributed by atoms with E-state index in [9.17, 15) is 0 Å². The summed E-state index contributed by atoms with van der Waals surface area (Å²) in [6, 6.07) is 0. The zero-order valence-corrected chi connectivity index (χ0v) is 7.55. The van der Waals surface area contributed by atoms with Gasteiger partial charge in [-0.15, -0.1) is 0 Å². The fourth-order valence-electron chi connectivity index (χ4n) is 2.65. The van der Waals surface area contributed by atoms with Crippen LogP contribution in [0.5, 0.6) is 0 Å². The molecular formula is C10H19N. The average molecular weight is 153 g/mol. The van der Waals surface area contributed by atoms with E-state index in [0.717, 1.165) is 11.8 Å². The number of hydrogen-bond acceptors (Lipinski definition) is 1. The fraction of sp³-hybridized carbons (Fsp3) is 1.00. The van der Waals surface area contributed by atoms with Gasteiger partial charge in [-0.3, -0.25) is 0 Å². The van der Waals surface area contributed by atoms with Gasteiger partial charge in [0, 0.05) is 13.1 Å². The molecule has 11 heavy (non-hydrogen) atoms. The lowest BCUT2D eigenvalue weighted by Gasteiger charge is -2.42. The molecule has 0 atom stereocenters. The molecule has 64 valence electrons. The second kappa shape index (κ2) is 3.14. The summed E-state index contributed by atoms with van der Waals surface area (Å²) in [5.74, 6) is 2.17. The SMILES string of the molecule is CN1CC(C2CCCCC2)C1. The molecule has 2 rings (SSSR count). The van der Waals surface area contributed by atoms with E-state index in [1.807, 2.05) is 0 Å². The first kappa shape index (κ1) is 7.60. The second-order valence-electron chi connectivity index (χ2n) is 4.38. The van der Waals surface area contributed by atoms with E-state index in [2.05, 4.69) is 11.9 Å². The van der Waals surface area contributed by atoms with Crippen molar-refractivity contribution in [1.82, 2.24) is 4.90 Å². The van der Waals surface area contributed by atoms with Crippen molar-refractivity contribution in [3.8, 4) is 0 Å². The highest BCUT2D eigenvalue weighted by Crippen LogP contribution is 2.34. The molecule has 1 heterocycles. The maximum absolute atomic E-state index is 2.44. The van der Waals surface area contributed by atoms with Crippen molar-refractivity contribution in [3.05, 3.63) is 0 Å². The Bertz CT molecular complexity index is 121. The normalized spacial score (nSPS) is 30.3. The van der Waals surface area contributed by atoms with Crippen LogP contribution in [0.25, 0.3) is 0 Å². The predicted octanol–water partition coefficient (Wildman–Crippen LogP) is 2.13. The van der Waals surface area contributed by atoms with Gasteiger partial charge in [-0.1, -0.05) is 32.1 Å². The van der Waals surface area contributed by atoms with E-state index in [1.54, 1.807) is 0 Å². The molecular weight excluding hydrogens is 134 g/mol. The monoisotopic (exact) mass is 153 g/mol. The number of rotatable bonds is 1. The minimum Gasteiger partial charge on any atom is -0.306 e. The lowest BCUT2D eigenvalue weighted by Crippen LogP contribution is -2.47. The van der Waals surface area contributed by atoms with Crippen molar-refractivity contribution in [2.24, 2.45) is 11.8 Å². The molecule has 1 aliphatic heterocycles. The molecule has 1 aliphatic carbocycles. The Labute approximate surface area is 69.8 Å². The molecule has 0 N–H and O–H groups in total. The van der Waals surface area contributed by atoms with Gasteiger partial charge in [0.2, 0.25) is 0 Å². The van der Waals surface area contributed by atoms with Gasteiger partial charge in [0.15, 0.2) is 0 Å². The van der Waals surface area contributed by atoms with Gasteiger partial charge in [-0.25, -0.2) is 0 Å². The molecule has 1 nitrogen and oxygen atoms in total. The van der Waals surface area contributed by atoms with Gasteiger partial charge in [0.05, 0.1) is 0 Å². The van der Waals surface area contributed by atoms with Crippen LogP contribution in [0.2, 0.25) is 0 Å². The average Bonchev–Trinajstić information content (AvgIpc) is 2.01. The second-order valence-corrected chi connectivity index (χ2v) is 4.38. The van der Waals surface area contributed by atoms with E-state index >= 15 is 0 Å². The molecule has 1 saturated carbocycles. The lowest BCUT2D eigenvalue weighted by molar-refractivity contribution is 0.0652. The summed E-state index contributed by atoms with van der Waals surface area (Å²) in [6.45, 7) is 2.76. The van der Waals surface area contributed by atoms with E-state index in [-0.39, 0.29) is 0 Å². The lowest BCUT2D eigenvalue weighted by atomic mass is 9.77. The quantitative estimate of drug-likeness (QED) is 0.558. The highest BCUT2D eigenvalue weighted by Gasteiger charge is 2.31. The zero-order chi connectivity index (χ0) is 7.68. The molecule has 0 amide bonds. The highest BCUT2D eigenvalue weighted by molar-refractivity contribution is 4.84. The van der Waals surface area contributed by atoms with Crippen LogP contribution in [-0.2, 0) is 0 Å². The third kappa shape index (κ3) is 1.58. The van der Waals surface area contributed by atoms with Crippen LogP contribution in [0.15, 0.2) is 0 Å². The Hall–Kier alpha value is -0.0400. The molecule has 2 fully saturated rings. The van der Waals surface area contributed by atoms with Gasteiger partial charge in [0.1, 0.15) is 0 Å². The molecule has 0 radical (unpaired) electrons. The zero-order valence-electron chi connectivity index (χ0n) is 7.55. The van der Waals surface area contributed by atoms with Gasteiger partial charge >= 0.3 is 0 Å². The van der Waals surface area contributed by atoms with E-state index in [0.29, 0.717) is 0 Å². The van der Waals surface area contributed by atoms with E-state index < -0.39 is 0 Å². The highest BCUT2D eigenvalue weighted by atomic mass is 15.2. The largest absolute Gasteiger partial charge is 0.306 e. The summed E-state index contributed by atoms with van der Waals surface area (Å²) in [4.78, 5) is 2.44. The first-order chi connectivity index (χ1) is 5.36. The molecule has 1 saturated heterocycles. The van der Waals surface area contributed by atoms with E-state index in [4.69, 9.17) is 0 Å². The molecule has 2 aliphatic rings.